The summed E-state index contributed by atoms with van der Waals surface area (Å²) in [6.07, 6.45) is 4.74. The van der Waals surface area contributed by atoms with Crippen molar-refractivity contribution in [2.24, 2.45) is 0 Å². The van der Waals surface area contributed by atoms with E-state index in [1.54, 1.807) is 18.2 Å². The fourth-order valence-electron chi connectivity index (χ4n) is 2.35. The molecular formula is C19H13FN2O2S. The number of nitrogens with zero attached hydrogens (tertiary/aromatic N) is 1. The zero-order chi connectivity index (χ0) is 17.8. The smallest absolute Gasteiger partial charge is 0.270 e. The molecule has 1 aliphatic heterocycles. The first kappa shape index (κ1) is 16.7. The van der Waals surface area contributed by atoms with Gasteiger partial charge in [-0.2, -0.15) is 0 Å². The van der Waals surface area contributed by atoms with E-state index in [9.17, 15) is 14.0 Å². The van der Waals surface area contributed by atoms with Crippen molar-refractivity contribution in [2.45, 2.75) is 0 Å². The van der Waals surface area contributed by atoms with E-state index >= 15 is 0 Å². The minimum atomic E-state index is -0.670. The van der Waals surface area contributed by atoms with E-state index in [0.717, 1.165) is 10.5 Å². The second-order valence-corrected chi connectivity index (χ2v) is 5.59. The van der Waals surface area contributed by atoms with Gasteiger partial charge < -0.3 is 0 Å². The average Bonchev–Trinajstić information content (AvgIpc) is 2.60. The van der Waals surface area contributed by atoms with Crippen molar-refractivity contribution < 1.29 is 14.0 Å². The number of rotatable bonds is 3. The van der Waals surface area contributed by atoms with E-state index in [0.29, 0.717) is 0 Å². The normalized spacial score (nSPS) is 16.6. The summed E-state index contributed by atoms with van der Waals surface area (Å²) in [5.74, 6) is -1.88. The van der Waals surface area contributed by atoms with E-state index in [2.05, 4.69) is 5.32 Å². The molecule has 0 bridgehead atoms. The number of para-hydroxylation sites is 1. The lowest BCUT2D eigenvalue weighted by atomic mass is 10.1. The number of hydrogen-bond donors (Lipinski definition) is 1. The number of carbonyl (C=O) groups excluding carboxylic acids is 2. The van der Waals surface area contributed by atoms with Crippen LogP contribution in [0.1, 0.15) is 5.56 Å². The lowest BCUT2D eigenvalue weighted by Gasteiger charge is -2.28. The predicted octanol–water partition coefficient (Wildman–Crippen LogP) is 3.21. The molecule has 0 saturated carbocycles. The van der Waals surface area contributed by atoms with Gasteiger partial charge in [-0.15, -0.1) is 0 Å². The van der Waals surface area contributed by atoms with Crippen LogP contribution in [0.5, 0.6) is 0 Å². The van der Waals surface area contributed by atoms with Crippen molar-refractivity contribution in [1.82, 2.24) is 5.32 Å². The number of thiocarbonyl (C=S) groups is 1. The molecule has 0 unspecified atom stereocenters. The van der Waals surface area contributed by atoms with Crippen molar-refractivity contribution in [3.05, 3.63) is 83.7 Å². The summed E-state index contributed by atoms with van der Waals surface area (Å²) in [4.78, 5) is 25.7. The first-order chi connectivity index (χ1) is 12.1. The number of anilines is 1. The molecule has 0 aliphatic carbocycles. The Labute approximate surface area is 149 Å². The third-order valence-electron chi connectivity index (χ3n) is 3.55. The maximum atomic E-state index is 14.0. The number of nitrogens with one attached hydrogen (secondary N) is 1. The Balaban J connectivity index is 1.92. The number of amides is 2. The number of allylic oxidation sites excluding steroid dienone is 2. The maximum Gasteiger partial charge on any atom is 0.270 e. The van der Waals surface area contributed by atoms with Gasteiger partial charge in [0.25, 0.3) is 11.8 Å². The SMILES string of the molecule is O=C1NC(=S)N(c2ccccc2F)C(=O)/C1=C\C=C\c1ccccc1. The van der Waals surface area contributed by atoms with E-state index in [-0.39, 0.29) is 16.4 Å². The Bertz CT molecular complexity index is 907. The molecule has 6 heteroatoms. The highest BCUT2D eigenvalue weighted by Gasteiger charge is 2.35. The van der Waals surface area contributed by atoms with Gasteiger partial charge in [-0.05, 0) is 36.0 Å². The van der Waals surface area contributed by atoms with Gasteiger partial charge in [-0.3, -0.25) is 14.9 Å². The van der Waals surface area contributed by atoms with Crippen LogP contribution in [-0.2, 0) is 9.59 Å². The Morgan fingerprint density at radius 2 is 1.68 bits per heavy atom. The van der Waals surface area contributed by atoms with Gasteiger partial charge in [0.15, 0.2) is 5.11 Å². The van der Waals surface area contributed by atoms with Gasteiger partial charge in [-0.1, -0.05) is 54.6 Å². The van der Waals surface area contributed by atoms with Crippen LogP contribution in [0.25, 0.3) is 6.08 Å². The molecule has 3 rings (SSSR count). The number of halogens is 1. The van der Waals surface area contributed by atoms with Crippen LogP contribution in [-0.4, -0.2) is 16.9 Å². The van der Waals surface area contributed by atoms with Crippen LogP contribution in [0.3, 0.4) is 0 Å². The van der Waals surface area contributed by atoms with E-state index in [1.165, 1.54) is 24.3 Å². The molecule has 4 nitrogen and oxygen atoms in total. The lowest BCUT2D eigenvalue weighted by molar-refractivity contribution is -0.122. The van der Waals surface area contributed by atoms with Crippen LogP contribution in [0.2, 0.25) is 0 Å². The number of benzene rings is 2. The van der Waals surface area contributed by atoms with Gasteiger partial charge in [0.1, 0.15) is 11.4 Å². The Hall–Kier alpha value is -3.12. The monoisotopic (exact) mass is 352 g/mol. The topological polar surface area (TPSA) is 49.4 Å². The van der Waals surface area contributed by atoms with E-state index < -0.39 is 17.6 Å². The third kappa shape index (κ3) is 3.54. The Kier molecular flexibility index (Phi) is 4.81. The van der Waals surface area contributed by atoms with Gasteiger partial charge in [0, 0.05) is 0 Å². The largest absolute Gasteiger partial charge is 0.298 e. The molecule has 1 aliphatic rings. The minimum absolute atomic E-state index is 0.00422. The number of carbonyl (C=O) groups is 2. The average molecular weight is 352 g/mol. The minimum Gasteiger partial charge on any atom is -0.298 e. The molecule has 2 amide bonds. The van der Waals surface area contributed by atoms with Crippen LogP contribution in [0.4, 0.5) is 10.1 Å². The highest BCUT2D eigenvalue weighted by molar-refractivity contribution is 7.80. The molecule has 1 fully saturated rings. The second-order valence-electron chi connectivity index (χ2n) is 5.20. The molecule has 124 valence electrons. The van der Waals surface area contributed by atoms with Crippen LogP contribution < -0.4 is 10.2 Å². The summed E-state index contributed by atoms with van der Waals surface area (Å²) in [6, 6.07) is 15.2. The zero-order valence-electron chi connectivity index (χ0n) is 13.0. The van der Waals surface area contributed by atoms with E-state index in [1.807, 2.05) is 30.3 Å². The molecule has 2 aromatic carbocycles. The summed E-state index contributed by atoms with van der Waals surface area (Å²) in [7, 11) is 0. The molecule has 0 spiro atoms. The molecule has 1 saturated heterocycles. The standard InChI is InChI=1S/C19H13FN2O2S/c20-15-11-4-5-12-16(15)22-18(24)14(17(23)21-19(22)25)10-6-9-13-7-2-1-3-8-13/h1-12H,(H,21,23,25)/b9-6+,14-10-. The Morgan fingerprint density at radius 1 is 1.00 bits per heavy atom. The number of hydrogen-bond acceptors (Lipinski definition) is 3. The fourth-order valence-corrected chi connectivity index (χ4v) is 2.62. The third-order valence-corrected chi connectivity index (χ3v) is 3.83. The van der Waals surface area contributed by atoms with Crippen molar-refractivity contribution >= 4 is 40.9 Å². The summed E-state index contributed by atoms with van der Waals surface area (Å²) >= 11 is 5.03. The fraction of sp³-hybridized carbons (Fsp3) is 0. The summed E-state index contributed by atoms with van der Waals surface area (Å²) in [6.45, 7) is 0. The summed E-state index contributed by atoms with van der Waals surface area (Å²) < 4.78 is 14.0. The first-order valence-corrected chi connectivity index (χ1v) is 7.86. The van der Waals surface area contributed by atoms with Gasteiger partial charge in [0.2, 0.25) is 0 Å². The molecule has 1 N–H and O–H groups in total. The van der Waals surface area contributed by atoms with Gasteiger partial charge in [-0.25, -0.2) is 9.29 Å². The van der Waals surface area contributed by atoms with Crippen molar-refractivity contribution in [1.29, 1.82) is 0 Å². The lowest BCUT2D eigenvalue weighted by Crippen LogP contribution is -2.54. The van der Waals surface area contributed by atoms with E-state index in [4.69, 9.17) is 12.2 Å². The Morgan fingerprint density at radius 3 is 2.40 bits per heavy atom. The first-order valence-electron chi connectivity index (χ1n) is 7.45. The van der Waals surface area contributed by atoms with Crippen LogP contribution >= 0.6 is 12.2 Å². The maximum absolute atomic E-state index is 14.0. The van der Waals surface area contributed by atoms with Gasteiger partial charge in [0.05, 0.1) is 5.69 Å². The highest BCUT2D eigenvalue weighted by Crippen LogP contribution is 2.23. The summed E-state index contributed by atoms with van der Waals surface area (Å²) in [5.41, 5.74) is 0.795. The molecule has 0 aromatic heterocycles. The summed E-state index contributed by atoms with van der Waals surface area (Å²) in [5, 5.41) is 2.26. The molecule has 2 aromatic rings. The van der Waals surface area contributed by atoms with Gasteiger partial charge >= 0.3 is 0 Å². The molecular weight excluding hydrogens is 339 g/mol. The van der Waals surface area contributed by atoms with Crippen LogP contribution in [0.15, 0.2) is 72.3 Å². The predicted molar refractivity (Wildman–Crippen MR) is 98.2 cm³/mol. The molecule has 0 atom stereocenters. The van der Waals surface area contributed by atoms with Crippen molar-refractivity contribution in [3.8, 4) is 0 Å². The van der Waals surface area contributed by atoms with Crippen molar-refractivity contribution in [3.63, 3.8) is 0 Å². The quantitative estimate of drug-likeness (QED) is 0.524. The molecule has 0 radical (unpaired) electrons. The zero-order valence-corrected chi connectivity index (χ0v) is 13.8. The molecule has 1 heterocycles. The van der Waals surface area contributed by atoms with Crippen molar-refractivity contribution in [2.75, 3.05) is 4.90 Å². The van der Waals surface area contributed by atoms with Crippen LogP contribution in [0, 0.1) is 5.82 Å². The molecule has 25 heavy (non-hydrogen) atoms. The highest BCUT2D eigenvalue weighted by atomic mass is 32.1. The second kappa shape index (κ2) is 7.19.